The van der Waals surface area contributed by atoms with Gasteiger partial charge in [-0.1, -0.05) is 37.3 Å². The smallest absolute Gasteiger partial charge is 0.317 e. The summed E-state index contributed by atoms with van der Waals surface area (Å²) in [5.41, 5.74) is 1.10. The summed E-state index contributed by atoms with van der Waals surface area (Å²) in [6.45, 7) is 4.03. The Labute approximate surface area is 142 Å². The molecule has 2 rings (SSSR count). The number of likely N-dealkylation sites (tertiary alicyclic amines) is 1. The van der Waals surface area contributed by atoms with Crippen molar-refractivity contribution in [1.29, 1.82) is 0 Å². The van der Waals surface area contributed by atoms with Crippen molar-refractivity contribution in [2.45, 2.75) is 32.2 Å². The van der Waals surface area contributed by atoms with Gasteiger partial charge < -0.3 is 20.1 Å². The van der Waals surface area contributed by atoms with Crippen LogP contribution in [0, 0.1) is 5.41 Å². The van der Waals surface area contributed by atoms with Crippen molar-refractivity contribution in [3.63, 3.8) is 0 Å². The van der Waals surface area contributed by atoms with E-state index in [2.05, 4.69) is 12.2 Å². The number of amides is 2. The van der Waals surface area contributed by atoms with Gasteiger partial charge in [-0.05, 0) is 18.4 Å². The fraction of sp³-hybridized carbons (Fsp3) is 0.556. The van der Waals surface area contributed by atoms with Gasteiger partial charge in [-0.3, -0.25) is 4.79 Å². The number of ether oxygens (including phenoxy) is 1. The fourth-order valence-electron chi connectivity index (χ4n) is 3.15. The maximum atomic E-state index is 12.4. The molecule has 2 amide bonds. The van der Waals surface area contributed by atoms with Crippen LogP contribution in [0.4, 0.5) is 4.79 Å². The molecule has 1 atom stereocenters. The summed E-state index contributed by atoms with van der Waals surface area (Å²) in [4.78, 5) is 25.0. The van der Waals surface area contributed by atoms with Crippen molar-refractivity contribution in [3.05, 3.63) is 35.9 Å². The Morgan fingerprint density at radius 2 is 2.00 bits per heavy atom. The Morgan fingerprint density at radius 3 is 2.58 bits per heavy atom. The van der Waals surface area contributed by atoms with Crippen LogP contribution in [0.15, 0.2) is 30.3 Å². The van der Waals surface area contributed by atoms with Crippen molar-refractivity contribution in [2.24, 2.45) is 5.41 Å². The van der Waals surface area contributed by atoms with Crippen molar-refractivity contribution < 1.29 is 19.4 Å². The van der Waals surface area contributed by atoms with Crippen LogP contribution in [-0.2, 0) is 16.0 Å². The molecule has 1 aromatic carbocycles. The number of rotatable bonds is 8. The van der Waals surface area contributed by atoms with E-state index < -0.39 is 5.97 Å². The number of benzene rings is 1. The van der Waals surface area contributed by atoms with Crippen LogP contribution in [-0.4, -0.2) is 54.9 Å². The van der Waals surface area contributed by atoms with Gasteiger partial charge in [0.15, 0.2) is 0 Å². The number of urea groups is 1. The standard InChI is InChI=1S/C18H26N2O4/c1-18(13-24-2)11-20(12-18)17(23)19-15(8-9-16(21)22)10-14-6-4-3-5-7-14/h3-7,15H,8-13H2,1-2H3,(H,19,23)(H,21,22). The van der Waals surface area contributed by atoms with Gasteiger partial charge >= 0.3 is 12.0 Å². The van der Waals surface area contributed by atoms with E-state index in [1.165, 1.54) is 0 Å². The molecule has 0 aromatic heterocycles. The molecule has 6 nitrogen and oxygen atoms in total. The van der Waals surface area contributed by atoms with Crippen LogP contribution in [0.2, 0.25) is 0 Å². The maximum absolute atomic E-state index is 12.4. The number of hydrogen-bond acceptors (Lipinski definition) is 3. The molecule has 1 aliphatic rings. The second-order valence-corrected chi connectivity index (χ2v) is 6.87. The van der Waals surface area contributed by atoms with Gasteiger partial charge in [0.1, 0.15) is 0 Å². The van der Waals surface area contributed by atoms with E-state index in [9.17, 15) is 9.59 Å². The Kier molecular flexibility index (Phi) is 6.20. The first kappa shape index (κ1) is 18.3. The van der Waals surface area contributed by atoms with Crippen LogP contribution in [0.5, 0.6) is 0 Å². The maximum Gasteiger partial charge on any atom is 0.317 e. The first-order valence-electron chi connectivity index (χ1n) is 8.22. The number of carbonyl (C=O) groups is 2. The molecule has 1 aromatic rings. The summed E-state index contributed by atoms with van der Waals surface area (Å²) in [5.74, 6) is -0.848. The molecular formula is C18H26N2O4. The molecule has 1 fully saturated rings. The van der Waals surface area contributed by atoms with Gasteiger partial charge in [-0.15, -0.1) is 0 Å². The fourth-order valence-corrected chi connectivity index (χ4v) is 3.15. The zero-order valence-corrected chi connectivity index (χ0v) is 14.3. The van der Waals surface area contributed by atoms with E-state index in [0.717, 1.165) is 5.56 Å². The third-order valence-electron chi connectivity index (χ3n) is 4.28. The van der Waals surface area contributed by atoms with Crippen LogP contribution in [0.25, 0.3) is 0 Å². The predicted octanol–water partition coefficient (Wildman–Crippen LogP) is 2.14. The highest BCUT2D eigenvalue weighted by Gasteiger charge is 2.41. The molecule has 6 heteroatoms. The number of nitrogens with zero attached hydrogens (tertiary/aromatic N) is 1. The van der Waals surface area contributed by atoms with E-state index in [1.807, 2.05) is 30.3 Å². The van der Waals surface area contributed by atoms with Gasteiger partial charge in [0.2, 0.25) is 0 Å². The van der Waals surface area contributed by atoms with Crippen molar-refractivity contribution >= 4 is 12.0 Å². The van der Waals surface area contributed by atoms with E-state index in [-0.39, 0.29) is 23.9 Å². The first-order chi connectivity index (χ1) is 11.4. The number of nitrogens with one attached hydrogen (secondary N) is 1. The molecule has 24 heavy (non-hydrogen) atoms. The molecule has 0 aliphatic carbocycles. The highest BCUT2D eigenvalue weighted by Crippen LogP contribution is 2.29. The number of carboxylic acids is 1. The summed E-state index contributed by atoms with van der Waals surface area (Å²) in [6.07, 6.45) is 1.08. The molecule has 0 radical (unpaired) electrons. The number of carboxylic acid groups (broad SMARTS) is 1. The minimum Gasteiger partial charge on any atom is -0.481 e. The molecule has 0 spiro atoms. The average Bonchev–Trinajstić information content (AvgIpc) is 2.51. The Bertz CT molecular complexity index is 555. The summed E-state index contributed by atoms with van der Waals surface area (Å²) in [7, 11) is 1.66. The molecule has 0 saturated carbocycles. The molecule has 1 unspecified atom stereocenters. The third-order valence-corrected chi connectivity index (χ3v) is 4.28. The summed E-state index contributed by atoms with van der Waals surface area (Å²) < 4.78 is 5.18. The number of carbonyl (C=O) groups excluding carboxylic acids is 1. The molecule has 1 saturated heterocycles. The largest absolute Gasteiger partial charge is 0.481 e. The lowest BCUT2D eigenvalue weighted by atomic mass is 9.83. The molecular weight excluding hydrogens is 308 g/mol. The normalized spacial score (nSPS) is 17.0. The Balaban J connectivity index is 1.90. The summed E-state index contributed by atoms with van der Waals surface area (Å²) in [5, 5.41) is 11.9. The number of methoxy groups -OCH3 is 1. The lowest BCUT2D eigenvalue weighted by Crippen LogP contribution is -2.62. The van der Waals surface area contributed by atoms with Crippen LogP contribution in [0.3, 0.4) is 0 Å². The summed E-state index contributed by atoms with van der Waals surface area (Å²) in [6, 6.07) is 9.47. The predicted molar refractivity (Wildman–Crippen MR) is 90.9 cm³/mol. The third kappa shape index (κ3) is 5.23. The van der Waals surface area contributed by atoms with E-state index in [1.54, 1.807) is 12.0 Å². The van der Waals surface area contributed by atoms with Crippen molar-refractivity contribution in [3.8, 4) is 0 Å². The van der Waals surface area contributed by atoms with E-state index in [4.69, 9.17) is 9.84 Å². The second kappa shape index (κ2) is 8.15. The monoisotopic (exact) mass is 334 g/mol. The number of hydrogen-bond donors (Lipinski definition) is 2. The highest BCUT2D eigenvalue weighted by atomic mass is 16.5. The average molecular weight is 334 g/mol. The quantitative estimate of drug-likeness (QED) is 0.763. The minimum absolute atomic E-state index is 0.0160. The van der Waals surface area contributed by atoms with Crippen molar-refractivity contribution in [2.75, 3.05) is 26.8 Å². The number of aliphatic carboxylic acids is 1. The molecule has 132 valence electrons. The Morgan fingerprint density at radius 1 is 1.33 bits per heavy atom. The molecule has 0 bridgehead atoms. The van der Waals surface area contributed by atoms with Gasteiger partial charge in [0, 0.05) is 38.1 Å². The molecule has 2 N–H and O–H groups in total. The van der Waals surface area contributed by atoms with Gasteiger partial charge in [0.25, 0.3) is 0 Å². The first-order valence-corrected chi connectivity index (χ1v) is 8.22. The van der Waals surface area contributed by atoms with E-state index >= 15 is 0 Å². The summed E-state index contributed by atoms with van der Waals surface area (Å²) >= 11 is 0. The van der Waals surface area contributed by atoms with Crippen molar-refractivity contribution in [1.82, 2.24) is 10.2 Å². The minimum atomic E-state index is -0.848. The van der Waals surface area contributed by atoms with E-state index in [0.29, 0.717) is 32.5 Å². The zero-order valence-electron chi connectivity index (χ0n) is 14.3. The lowest BCUT2D eigenvalue weighted by Gasteiger charge is -2.47. The van der Waals surface area contributed by atoms with Crippen LogP contribution in [0.1, 0.15) is 25.3 Å². The van der Waals surface area contributed by atoms with Gasteiger partial charge in [-0.25, -0.2) is 4.79 Å². The second-order valence-electron chi connectivity index (χ2n) is 6.87. The zero-order chi connectivity index (χ0) is 17.6. The van der Waals surface area contributed by atoms with Gasteiger partial charge in [0.05, 0.1) is 6.61 Å². The lowest BCUT2D eigenvalue weighted by molar-refractivity contribution is -0.137. The topological polar surface area (TPSA) is 78.9 Å². The SMILES string of the molecule is COCC1(C)CN(C(=O)NC(CCC(=O)O)Cc2ccccc2)C1. The molecule has 1 aliphatic heterocycles. The van der Waals surface area contributed by atoms with Crippen LogP contribution >= 0.6 is 0 Å². The Hall–Kier alpha value is -2.08. The molecule has 1 heterocycles. The van der Waals surface area contributed by atoms with Crippen LogP contribution < -0.4 is 5.32 Å². The highest BCUT2D eigenvalue weighted by molar-refractivity contribution is 5.76. The van der Waals surface area contributed by atoms with Gasteiger partial charge in [-0.2, -0.15) is 0 Å².